The molecule has 0 saturated carbocycles. The maximum atomic E-state index is 13.6. The zero-order valence-corrected chi connectivity index (χ0v) is 20.8. The lowest BCUT2D eigenvalue weighted by molar-refractivity contribution is -0.114. The standard InChI is InChI=1S/C30H30N4O3/c1-20(35)32-25-13-11-22(12-14-25)28-27(34-30(37-28)23-15-17-31-18-16-23)29(36)33-26-10-6-5-9-24(26)19-21-7-3-2-4-8-21/h2-14,23,31H,15-19H2,1H3,(H,32,35)(H,33,36). The zero-order chi connectivity index (χ0) is 25.6. The number of hydrogen-bond acceptors (Lipinski definition) is 5. The lowest BCUT2D eigenvalue weighted by Crippen LogP contribution is -2.26. The normalized spacial score (nSPS) is 13.8. The maximum absolute atomic E-state index is 13.6. The van der Waals surface area contributed by atoms with Crippen LogP contribution in [0.1, 0.15) is 53.2 Å². The van der Waals surface area contributed by atoms with Gasteiger partial charge >= 0.3 is 0 Å². The van der Waals surface area contributed by atoms with Crippen molar-refractivity contribution in [3.8, 4) is 11.3 Å². The molecule has 0 unspecified atom stereocenters. The van der Waals surface area contributed by atoms with Crippen molar-refractivity contribution in [2.45, 2.75) is 32.1 Å². The van der Waals surface area contributed by atoms with Crippen molar-refractivity contribution < 1.29 is 14.0 Å². The van der Waals surface area contributed by atoms with Gasteiger partial charge in [-0.2, -0.15) is 0 Å². The first kappa shape index (κ1) is 24.5. The lowest BCUT2D eigenvalue weighted by Gasteiger charge is -2.19. The van der Waals surface area contributed by atoms with E-state index >= 15 is 0 Å². The lowest BCUT2D eigenvalue weighted by atomic mass is 9.98. The van der Waals surface area contributed by atoms with Gasteiger partial charge in [0, 0.05) is 29.8 Å². The van der Waals surface area contributed by atoms with Crippen LogP contribution in [0.15, 0.2) is 83.3 Å². The van der Waals surface area contributed by atoms with E-state index in [2.05, 4.69) is 28.1 Å². The number of nitrogens with zero attached hydrogens (tertiary/aromatic N) is 1. The molecule has 1 aliphatic rings. The molecule has 7 nitrogen and oxygen atoms in total. The molecule has 2 amide bonds. The highest BCUT2D eigenvalue weighted by atomic mass is 16.4. The Morgan fingerprint density at radius 2 is 1.62 bits per heavy atom. The van der Waals surface area contributed by atoms with Crippen LogP contribution >= 0.6 is 0 Å². The molecule has 1 aromatic heterocycles. The predicted octanol–water partition coefficient (Wildman–Crippen LogP) is 5.61. The fraction of sp³-hybridized carbons (Fsp3) is 0.233. The summed E-state index contributed by atoms with van der Waals surface area (Å²) in [5.74, 6) is 0.719. The second-order valence-corrected chi connectivity index (χ2v) is 9.29. The van der Waals surface area contributed by atoms with Crippen LogP contribution in [-0.2, 0) is 11.2 Å². The van der Waals surface area contributed by atoms with Gasteiger partial charge in [-0.25, -0.2) is 4.98 Å². The van der Waals surface area contributed by atoms with Crippen LogP contribution < -0.4 is 16.0 Å². The summed E-state index contributed by atoms with van der Waals surface area (Å²) in [6.07, 6.45) is 2.51. The van der Waals surface area contributed by atoms with Gasteiger partial charge in [0.2, 0.25) is 5.91 Å². The van der Waals surface area contributed by atoms with Gasteiger partial charge in [-0.05, 0) is 73.8 Å². The monoisotopic (exact) mass is 494 g/mol. The minimum atomic E-state index is -0.314. The third-order valence-electron chi connectivity index (χ3n) is 6.52. The summed E-state index contributed by atoms with van der Waals surface area (Å²) in [5, 5.41) is 9.20. The number of carbonyl (C=O) groups is 2. The minimum absolute atomic E-state index is 0.144. The molecule has 0 aliphatic carbocycles. The third-order valence-corrected chi connectivity index (χ3v) is 6.52. The second-order valence-electron chi connectivity index (χ2n) is 9.29. The first-order valence-corrected chi connectivity index (χ1v) is 12.6. The van der Waals surface area contributed by atoms with E-state index in [9.17, 15) is 9.59 Å². The van der Waals surface area contributed by atoms with Crippen molar-refractivity contribution in [1.82, 2.24) is 10.3 Å². The van der Waals surface area contributed by atoms with Crippen LogP contribution in [0, 0.1) is 0 Å². The smallest absolute Gasteiger partial charge is 0.278 e. The van der Waals surface area contributed by atoms with Gasteiger partial charge in [-0.3, -0.25) is 9.59 Å². The van der Waals surface area contributed by atoms with Gasteiger partial charge in [0.25, 0.3) is 5.91 Å². The molecule has 37 heavy (non-hydrogen) atoms. The van der Waals surface area contributed by atoms with Gasteiger partial charge in [-0.1, -0.05) is 48.5 Å². The number of hydrogen-bond donors (Lipinski definition) is 3. The number of oxazole rings is 1. The Morgan fingerprint density at radius 1 is 0.919 bits per heavy atom. The SMILES string of the molecule is CC(=O)Nc1ccc(-c2oc(C3CCNCC3)nc2C(=O)Nc2ccccc2Cc2ccccc2)cc1. The van der Waals surface area contributed by atoms with Gasteiger partial charge in [-0.15, -0.1) is 0 Å². The summed E-state index contributed by atoms with van der Waals surface area (Å²) in [7, 11) is 0. The van der Waals surface area contributed by atoms with E-state index in [1.807, 2.05) is 54.6 Å². The average Bonchev–Trinajstić information content (AvgIpc) is 3.37. The molecule has 188 valence electrons. The number of carbonyl (C=O) groups excluding carboxylic acids is 2. The average molecular weight is 495 g/mol. The number of amides is 2. The first-order valence-electron chi connectivity index (χ1n) is 12.6. The number of rotatable bonds is 7. The Bertz CT molecular complexity index is 1370. The summed E-state index contributed by atoms with van der Waals surface area (Å²) < 4.78 is 6.26. The largest absolute Gasteiger partial charge is 0.440 e. The number of para-hydroxylation sites is 1. The van der Waals surface area contributed by atoms with E-state index in [1.165, 1.54) is 12.5 Å². The number of benzene rings is 3. The molecule has 5 rings (SSSR count). The number of anilines is 2. The molecule has 2 heterocycles. The topological polar surface area (TPSA) is 96.3 Å². The highest BCUT2D eigenvalue weighted by Gasteiger charge is 2.27. The molecule has 3 N–H and O–H groups in total. The van der Waals surface area contributed by atoms with Gasteiger partial charge < -0.3 is 20.4 Å². The molecule has 7 heteroatoms. The van der Waals surface area contributed by atoms with Crippen molar-refractivity contribution in [3.63, 3.8) is 0 Å². The van der Waals surface area contributed by atoms with Gasteiger partial charge in [0.1, 0.15) is 0 Å². The molecule has 1 saturated heterocycles. The summed E-state index contributed by atoms with van der Waals surface area (Å²) in [4.78, 5) is 29.7. The van der Waals surface area contributed by atoms with Gasteiger partial charge in [0.05, 0.1) is 0 Å². The van der Waals surface area contributed by atoms with Crippen LogP contribution in [0.2, 0.25) is 0 Å². The van der Waals surface area contributed by atoms with Crippen molar-refractivity contribution in [1.29, 1.82) is 0 Å². The molecule has 1 aliphatic heterocycles. The molecule has 4 aromatic rings. The van der Waals surface area contributed by atoms with Crippen LogP contribution in [0.5, 0.6) is 0 Å². The Balaban J connectivity index is 1.45. The molecule has 1 fully saturated rings. The summed E-state index contributed by atoms with van der Waals surface area (Å²) in [6, 6.07) is 25.2. The number of nitrogens with one attached hydrogen (secondary N) is 3. The molecule has 3 aromatic carbocycles. The van der Waals surface area contributed by atoms with E-state index < -0.39 is 0 Å². The van der Waals surface area contributed by atoms with E-state index in [4.69, 9.17) is 9.40 Å². The van der Waals surface area contributed by atoms with Crippen molar-refractivity contribution in [3.05, 3.63) is 102 Å². The number of piperidine rings is 1. The van der Waals surface area contributed by atoms with Crippen molar-refractivity contribution >= 4 is 23.2 Å². The molecule has 0 bridgehead atoms. The fourth-order valence-corrected chi connectivity index (χ4v) is 4.63. The van der Waals surface area contributed by atoms with Crippen LogP contribution in [0.3, 0.4) is 0 Å². The summed E-state index contributed by atoms with van der Waals surface area (Å²) >= 11 is 0. The number of aromatic nitrogens is 1. The van der Waals surface area contributed by atoms with E-state index in [0.717, 1.165) is 42.7 Å². The molecule has 0 radical (unpaired) electrons. The van der Waals surface area contributed by atoms with Crippen molar-refractivity contribution in [2.75, 3.05) is 23.7 Å². The van der Waals surface area contributed by atoms with E-state index in [1.54, 1.807) is 12.1 Å². The Morgan fingerprint density at radius 3 is 2.35 bits per heavy atom. The Kier molecular flexibility index (Phi) is 7.42. The molecule has 0 atom stereocenters. The summed E-state index contributed by atoms with van der Waals surface area (Å²) in [5.41, 5.74) is 4.59. The predicted molar refractivity (Wildman–Crippen MR) is 145 cm³/mol. The third kappa shape index (κ3) is 5.95. The Labute approximate surface area is 216 Å². The fourth-order valence-electron chi connectivity index (χ4n) is 4.63. The highest BCUT2D eigenvalue weighted by molar-refractivity contribution is 6.07. The highest BCUT2D eigenvalue weighted by Crippen LogP contribution is 2.33. The van der Waals surface area contributed by atoms with E-state index in [0.29, 0.717) is 23.8 Å². The first-order chi connectivity index (χ1) is 18.1. The maximum Gasteiger partial charge on any atom is 0.278 e. The Hall–Kier alpha value is -4.23. The molecular formula is C30H30N4O3. The van der Waals surface area contributed by atoms with E-state index in [-0.39, 0.29) is 23.4 Å². The van der Waals surface area contributed by atoms with Crippen LogP contribution in [0.25, 0.3) is 11.3 Å². The molecule has 0 spiro atoms. The minimum Gasteiger partial charge on any atom is -0.440 e. The zero-order valence-electron chi connectivity index (χ0n) is 20.8. The van der Waals surface area contributed by atoms with Gasteiger partial charge in [0.15, 0.2) is 17.3 Å². The molecular weight excluding hydrogens is 464 g/mol. The van der Waals surface area contributed by atoms with Crippen LogP contribution in [0.4, 0.5) is 11.4 Å². The van der Waals surface area contributed by atoms with Crippen molar-refractivity contribution in [2.24, 2.45) is 0 Å². The second kappa shape index (κ2) is 11.2. The van der Waals surface area contributed by atoms with Crippen LogP contribution in [-0.4, -0.2) is 29.9 Å². The summed E-state index contributed by atoms with van der Waals surface area (Å²) in [6.45, 7) is 3.25. The quantitative estimate of drug-likeness (QED) is 0.310.